The molecule has 0 fully saturated rings. The Morgan fingerprint density at radius 1 is 1.67 bits per heavy atom. The van der Waals surface area contributed by atoms with Gasteiger partial charge < -0.3 is 10.1 Å². The van der Waals surface area contributed by atoms with Crippen LogP contribution in [-0.4, -0.2) is 18.4 Å². The van der Waals surface area contributed by atoms with Gasteiger partial charge in [-0.05, 0) is 13.8 Å². The van der Waals surface area contributed by atoms with E-state index in [4.69, 9.17) is 10.1 Å². The zero-order valence-corrected chi connectivity index (χ0v) is 5.98. The van der Waals surface area contributed by atoms with Crippen LogP contribution in [0.5, 0.6) is 0 Å². The molecule has 0 aliphatic heterocycles. The van der Waals surface area contributed by atoms with Crippen molar-refractivity contribution >= 4 is 6.21 Å². The predicted molar refractivity (Wildman–Crippen MR) is 39.0 cm³/mol. The van der Waals surface area contributed by atoms with Gasteiger partial charge in [0.1, 0.15) is 0 Å². The molecule has 0 rings (SSSR count). The number of ether oxygens (including phenoxy) is 1. The van der Waals surface area contributed by atoms with Gasteiger partial charge in [-0.1, -0.05) is 6.08 Å². The summed E-state index contributed by atoms with van der Waals surface area (Å²) in [6.07, 6.45) is 2.95. The van der Waals surface area contributed by atoms with Crippen molar-refractivity contribution in [2.75, 3.05) is 6.61 Å². The Morgan fingerprint density at radius 2 is 2.22 bits per heavy atom. The van der Waals surface area contributed by atoms with Crippen LogP contribution in [0.3, 0.4) is 0 Å². The Bertz CT molecular complexity index is 107. The molecule has 9 heavy (non-hydrogen) atoms. The normalized spacial score (nSPS) is 10.9. The minimum atomic E-state index is -0.294. The molecule has 0 atom stereocenters. The standard InChI is InChI=1S/C7H13NO/c1-4-7(2,3)9-6-5-8/h4-5,8H,1,6H2,2-3H3. The number of rotatable bonds is 4. The van der Waals surface area contributed by atoms with E-state index in [1.165, 1.54) is 6.21 Å². The zero-order valence-electron chi connectivity index (χ0n) is 5.98. The van der Waals surface area contributed by atoms with E-state index >= 15 is 0 Å². The lowest BCUT2D eigenvalue weighted by Gasteiger charge is -2.18. The van der Waals surface area contributed by atoms with Gasteiger partial charge >= 0.3 is 0 Å². The first-order chi connectivity index (χ1) is 4.12. The van der Waals surface area contributed by atoms with E-state index in [0.717, 1.165) is 0 Å². The smallest absolute Gasteiger partial charge is 0.0823 e. The number of nitrogens with one attached hydrogen (secondary N) is 1. The first kappa shape index (κ1) is 8.37. The van der Waals surface area contributed by atoms with E-state index in [0.29, 0.717) is 6.61 Å². The lowest BCUT2D eigenvalue weighted by Crippen LogP contribution is -2.21. The van der Waals surface area contributed by atoms with Crippen LogP contribution in [-0.2, 0) is 4.74 Å². The molecule has 0 bridgehead atoms. The van der Waals surface area contributed by atoms with Crippen molar-refractivity contribution in [3.8, 4) is 0 Å². The lowest BCUT2D eigenvalue weighted by molar-refractivity contribution is 0.0476. The van der Waals surface area contributed by atoms with Gasteiger partial charge in [-0.2, -0.15) is 0 Å². The molecule has 0 aromatic carbocycles. The van der Waals surface area contributed by atoms with Crippen LogP contribution in [0.4, 0.5) is 0 Å². The molecule has 0 unspecified atom stereocenters. The van der Waals surface area contributed by atoms with Gasteiger partial charge in [-0.25, -0.2) is 0 Å². The van der Waals surface area contributed by atoms with Crippen LogP contribution in [0.15, 0.2) is 12.7 Å². The maximum Gasteiger partial charge on any atom is 0.0823 e. The van der Waals surface area contributed by atoms with E-state index in [-0.39, 0.29) is 5.60 Å². The second-order valence-corrected chi connectivity index (χ2v) is 2.32. The highest BCUT2D eigenvalue weighted by molar-refractivity contribution is 5.54. The maximum absolute atomic E-state index is 6.67. The van der Waals surface area contributed by atoms with E-state index < -0.39 is 0 Å². The average Bonchev–Trinajstić information content (AvgIpc) is 1.84. The molecule has 0 aliphatic rings. The van der Waals surface area contributed by atoms with E-state index in [2.05, 4.69) is 6.58 Å². The SMILES string of the molecule is C=CC(C)(C)OCC=N. The maximum atomic E-state index is 6.67. The van der Waals surface area contributed by atoms with Gasteiger partial charge in [0.15, 0.2) is 0 Å². The molecule has 2 heteroatoms. The molecule has 0 heterocycles. The van der Waals surface area contributed by atoms with Crippen LogP contribution in [0.1, 0.15) is 13.8 Å². The molecule has 0 aliphatic carbocycles. The van der Waals surface area contributed by atoms with Crippen molar-refractivity contribution in [3.63, 3.8) is 0 Å². The highest BCUT2D eigenvalue weighted by Gasteiger charge is 2.10. The summed E-state index contributed by atoms with van der Waals surface area (Å²) in [5.74, 6) is 0. The van der Waals surface area contributed by atoms with Gasteiger partial charge in [-0.15, -0.1) is 6.58 Å². The van der Waals surface area contributed by atoms with Gasteiger partial charge in [0.05, 0.1) is 12.2 Å². The lowest BCUT2D eigenvalue weighted by atomic mass is 10.1. The fourth-order valence-corrected chi connectivity index (χ4v) is 0.315. The zero-order chi connectivity index (χ0) is 7.33. The van der Waals surface area contributed by atoms with Gasteiger partial charge in [0, 0.05) is 6.21 Å². The highest BCUT2D eigenvalue weighted by Crippen LogP contribution is 2.07. The fourth-order valence-electron chi connectivity index (χ4n) is 0.315. The van der Waals surface area contributed by atoms with Crippen molar-refractivity contribution in [2.24, 2.45) is 0 Å². The third-order valence-corrected chi connectivity index (χ3v) is 1.03. The molecule has 0 aromatic rings. The first-order valence-corrected chi connectivity index (χ1v) is 2.89. The van der Waals surface area contributed by atoms with E-state index in [9.17, 15) is 0 Å². The minimum Gasteiger partial charge on any atom is -0.366 e. The molecule has 0 spiro atoms. The van der Waals surface area contributed by atoms with Gasteiger partial charge in [-0.3, -0.25) is 0 Å². The molecule has 0 radical (unpaired) electrons. The Hall–Kier alpha value is -0.630. The summed E-state index contributed by atoms with van der Waals surface area (Å²) in [4.78, 5) is 0. The fraction of sp³-hybridized carbons (Fsp3) is 0.571. The minimum absolute atomic E-state index is 0.294. The van der Waals surface area contributed by atoms with Crippen molar-refractivity contribution < 1.29 is 4.74 Å². The number of hydrogen-bond donors (Lipinski definition) is 1. The summed E-state index contributed by atoms with van der Waals surface area (Å²) in [5, 5.41) is 6.67. The van der Waals surface area contributed by atoms with Crippen LogP contribution in [0.25, 0.3) is 0 Å². The second-order valence-electron chi connectivity index (χ2n) is 2.32. The molecule has 1 N–H and O–H groups in total. The first-order valence-electron chi connectivity index (χ1n) is 2.89. The Kier molecular flexibility index (Phi) is 3.17. The Balaban J connectivity index is 3.57. The van der Waals surface area contributed by atoms with E-state index in [1.54, 1.807) is 6.08 Å². The third-order valence-electron chi connectivity index (χ3n) is 1.03. The number of hydrogen-bond acceptors (Lipinski definition) is 2. The van der Waals surface area contributed by atoms with Gasteiger partial charge in [0.25, 0.3) is 0 Å². The predicted octanol–water partition coefficient (Wildman–Crippen LogP) is 1.62. The Labute approximate surface area is 56.0 Å². The molecular weight excluding hydrogens is 114 g/mol. The van der Waals surface area contributed by atoms with Crippen LogP contribution in [0, 0.1) is 5.41 Å². The summed E-state index contributed by atoms with van der Waals surface area (Å²) < 4.78 is 5.17. The summed E-state index contributed by atoms with van der Waals surface area (Å²) in [6, 6.07) is 0. The van der Waals surface area contributed by atoms with E-state index in [1.807, 2.05) is 13.8 Å². The molecule has 2 nitrogen and oxygen atoms in total. The van der Waals surface area contributed by atoms with Crippen molar-refractivity contribution in [1.29, 1.82) is 5.41 Å². The largest absolute Gasteiger partial charge is 0.366 e. The van der Waals surface area contributed by atoms with Gasteiger partial charge in [0.2, 0.25) is 0 Å². The molecule has 0 saturated carbocycles. The highest BCUT2D eigenvalue weighted by atomic mass is 16.5. The molecular formula is C7H13NO. The summed E-state index contributed by atoms with van der Waals surface area (Å²) in [6.45, 7) is 7.76. The average molecular weight is 127 g/mol. The van der Waals surface area contributed by atoms with Crippen LogP contribution >= 0.6 is 0 Å². The molecule has 0 amide bonds. The monoisotopic (exact) mass is 127 g/mol. The van der Waals surface area contributed by atoms with Crippen LogP contribution in [0.2, 0.25) is 0 Å². The second kappa shape index (κ2) is 3.41. The molecule has 52 valence electrons. The van der Waals surface area contributed by atoms with Crippen molar-refractivity contribution in [3.05, 3.63) is 12.7 Å². The Morgan fingerprint density at radius 3 is 2.56 bits per heavy atom. The summed E-state index contributed by atoms with van der Waals surface area (Å²) in [7, 11) is 0. The van der Waals surface area contributed by atoms with Crippen molar-refractivity contribution in [2.45, 2.75) is 19.4 Å². The van der Waals surface area contributed by atoms with Crippen LogP contribution < -0.4 is 0 Å². The topological polar surface area (TPSA) is 33.1 Å². The van der Waals surface area contributed by atoms with Crippen molar-refractivity contribution in [1.82, 2.24) is 0 Å². The molecule has 0 aromatic heterocycles. The summed E-state index contributed by atoms with van der Waals surface area (Å²) in [5.41, 5.74) is -0.294. The quantitative estimate of drug-likeness (QED) is 0.451. The summed E-state index contributed by atoms with van der Waals surface area (Å²) >= 11 is 0. The third kappa shape index (κ3) is 3.91. The molecule has 0 saturated heterocycles.